The lowest BCUT2D eigenvalue weighted by molar-refractivity contribution is 0.0527. The van der Waals surface area contributed by atoms with E-state index in [1.165, 1.54) is 6.21 Å². The molecule has 0 bridgehead atoms. The number of furan rings is 1. The largest absolute Gasteiger partial charge is 0.462 e. The van der Waals surface area contributed by atoms with Crippen LogP contribution >= 0.6 is 23.2 Å². The number of nitrogens with zero attached hydrogens (tertiary/aromatic N) is 1. The van der Waals surface area contributed by atoms with Gasteiger partial charge in [0.15, 0.2) is 5.76 Å². The van der Waals surface area contributed by atoms with Crippen molar-refractivity contribution in [1.29, 1.82) is 0 Å². The predicted molar refractivity (Wildman–Crippen MR) is 121 cm³/mol. The van der Waals surface area contributed by atoms with Crippen LogP contribution in [0.15, 0.2) is 64.1 Å². The fraction of sp³-hybridized carbons (Fsp3) is 0.0952. The molecule has 2 aromatic carbocycles. The normalized spacial score (nSPS) is 10.7. The molecule has 0 aliphatic heterocycles. The molecule has 3 rings (SSSR count). The van der Waals surface area contributed by atoms with Crippen molar-refractivity contribution in [2.75, 3.05) is 17.2 Å². The van der Waals surface area contributed by atoms with Crippen LogP contribution in [0.4, 0.5) is 22.1 Å². The van der Waals surface area contributed by atoms with Gasteiger partial charge in [0.25, 0.3) is 0 Å². The van der Waals surface area contributed by atoms with E-state index in [0.29, 0.717) is 16.4 Å². The van der Waals surface area contributed by atoms with Crippen LogP contribution < -0.4 is 16.1 Å². The Morgan fingerprint density at radius 1 is 1.06 bits per heavy atom. The van der Waals surface area contributed by atoms with E-state index in [-0.39, 0.29) is 28.8 Å². The van der Waals surface area contributed by atoms with Gasteiger partial charge in [-0.15, -0.1) is 0 Å². The minimum absolute atomic E-state index is 0.00801. The summed E-state index contributed by atoms with van der Waals surface area (Å²) in [4.78, 5) is 24.3. The van der Waals surface area contributed by atoms with Crippen LogP contribution in [0.25, 0.3) is 0 Å². The Hall–Kier alpha value is -3.49. The number of hydrogen-bond acceptors (Lipinski definition) is 6. The molecule has 3 aromatic rings. The Labute approximate surface area is 188 Å². The van der Waals surface area contributed by atoms with E-state index in [1.54, 1.807) is 55.5 Å². The second-order valence-electron chi connectivity index (χ2n) is 6.03. The van der Waals surface area contributed by atoms with Gasteiger partial charge in [-0.05, 0) is 43.3 Å². The first kappa shape index (κ1) is 22.2. The highest BCUT2D eigenvalue weighted by atomic mass is 35.5. The van der Waals surface area contributed by atoms with Crippen molar-refractivity contribution < 1.29 is 18.7 Å². The zero-order chi connectivity index (χ0) is 22.2. The second kappa shape index (κ2) is 10.5. The molecule has 0 radical (unpaired) electrons. The molecule has 0 fully saturated rings. The molecule has 160 valence electrons. The SMILES string of the molecule is CCOC(=O)c1c(Nc2ccc(Cl)cc2)oc(/C=N\NC(=O)Nc2ccccc2)c1Cl. The zero-order valence-corrected chi connectivity index (χ0v) is 17.8. The van der Waals surface area contributed by atoms with Crippen molar-refractivity contribution >= 4 is 58.7 Å². The lowest BCUT2D eigenvalue weighted by Crippen LogP contribution is -2.24. The third-order valence-electron chi connectivity index (χ3n) is 3.84. The number of urea groups is 1. The molecule has 0 spiro atoms. The highest BCUT2D eigenvalue weighted by molar-refractivity contribution is 6.36. The Morgan fingerprint density at radius 3 is 2.45 bits per heavy atom. The topological polar surface area (TPSA) is 105 Å². The van der Waals surface area contributed by atoms with Gasteiger partial charge in [0.2, 0.25) is 5.88 Å². The summed E-state index contributed by atoms with van der Waals surface area (Å²) in [5, 5.41) is 9.93. The van der Waals surface area contributed by atoms with Crippen molar-refractivity contribution in [3.63, 3.8) is 0 Å². The van der Waals surface area contributed by atoms with Crippen molar-refractivity contribution in [3.8, 4) is 0 Å². The quantitative estimate of drug-likeness (QED) is 0.239. The van der Waals surface area contributed by atoms with Crippen molar-refractivity contribution in [1.82, 2.24) is 5.43 Å². The molecule has 0 aliphatic carbocycles. The van der Waals surface area contributed by atoms with Crippen LogP contribution in [-0.4, -0.2) is 24.8 Å². The first-order chi connectivity index (χ1) is 15.0. The first-order valence-electron chi connectivity index (χ1n) is 9.15. The number of para-hydroxylation sites is 1. The van der Waals surface area contributed by atoms with Crippen LogP contribution in [0, 0.1) is 0 Å². The summed E-state index contributed by atoms with van der Waals surface area (Å²) >= 11 is 12.2. The Kier molecular flexibility index (Phi) is 7.53. The second-order valence-corrected chi connectivity index (χ2v) is 6.84. The number of carbonyl (C=O) groups is 2. The number of benzene rings is 2. The van der Waals surface area contributed by atoms with Crippen LogP contribution in [0.1, 0.15) is 23.0 Å². The zero-order valence-electron chi connectivity index (χ0n) is 16.3. The maximum absolute atomic E-state index is 12.4. The third-order valence-corrected chi connectivity index (χ3v) is 4.46. The Morgan fingerprint density at radius 2 is 1.77 bits per heavy atom. The maximum Gasteiger partial charge on any atom is 0.345 e. The first-order valence-corrected chi connectivity index (χ1v) is 9.90. The molecule has 1 aromatic heterocycles. The number of nitrogens with one attached hydrogen (secondary N) is 3. The molecule has 3 N–H and O–H groups in total. The fourth-order valence-corrected chi connectivity index (χ4v) is 2.86. The molecular formula is C21H18Cl2N4O4. The van der Waals surface area contributed by atoms with Gasteiger partial charge in [-0.25, -0.2) is 15.0 Å². The van der Waals surface area contributed by atoms with Crippen LogP contribution in [0.2, 0.25) is 10.0 Å². The predicted octanol–water partition coefficient (Wildman–Crippen LogP) is 5.66. The number of hydrazone groups is 1. The molecule has 1 heterocycles. The number of rotatable bonds is 7. The van der Waals surface area contributed by atoms with Gasteiger partial charge in [0, 0.05) is 16.4 Å². The fourth-order valence-electron chi connectivity index (χ4n) is 2.48. The molecule has 8 nitrogen and oxygen atoms in total. The Balaban J connectivity index is 1.77. The van der Waals surface area contributed by atoms with Gasteiger partial charge in [0.05, 0.1) is 12.8 Å². The van der Waals surface area contributed by atoms with Gasteiger partial charge >= 0.3 is 12.0 Å². The van der Waals surface area contributed by atoms with E-state index in [2.05, 4.69) is 21.2 Å². The minimum Gasteiger partial charge on any atom is -0.462 e. The number of esters is 1. The lowest BCUT2D eigenvalue weighted by Gasteiger charge is -2.06. The Bertz CT molecular complexity index is 1080. The standard InChI is InChI=1S/C21H18Cl2N4O4/c1-2-30-20(28)17-18(23)16(31-19(17)25-15-10-8-13(22)9-11-15)12-24-27-21(29)26-14-6-4-3-5-7-14/h3-12,25H,2H2,1H3,(H2,26,27,29)/b24-12-. The smallest absolute Gasteiger partial charge is 0.345 e. The molecule has 0 aliphatic rings. The summed E-state index contributed by atoms with van der Waals surface area (Å²) in [5.74, 6) is -0.538. The van der Waals surface area contributed by atoms with E-state index in [4.69, 9.17) is 32.4 Å². The average molecular weight is 461 g/mol. The molecular weight excluding hydrogens is 443 g/mol. The van der Waals surface area contributed by atoms with Gasteiger partial charge in [-0.2, -0.15) is 5.10 Å². The van der Waals surface area contributed by atoms with Crippen molar-refractivity contribution in [3.05, 3.63) is 76.0 Å². The van der Waals surface area contributed by atoms with E-state index in [0.717, 1.165) is 0 Å². The molecule has 31 heavy (non-hydrogen) atoms. The van der Waals surface area contributed by atoms with Crippen LogP contribution in [-0.2, 0) is 4.74 Å². The van der Waals surface area contributed by atoms with E-state index in [1.807, 2.05) is 6.07 Å². The maximum atomic E-state index is 12.4. The van der Waals surface area contributed by atoms with Crippen molar-refractivity contribution in [2.45, 2.75) is 6.92 Å². The lowest BCUT2D eigenvalue weighted by atomic mass is 10.2. The van der Waals surface area contributed by atoms with Crippen molar-refractivity contribution in [2.24, 2.45) is 5.10 Å². The summed E-state index contributed by atoms with van der Waals surface area (Å²) in [6.45, 7) is 1.83. The van der Waals surface area contributed by atoms with Crippen LogP contribution in [0.5, 0.6) is 0 Å². The summed E-state index contributed by atoms with van der Waals surface area (Å²) < 4.78 is 10.7. The third kappa shape index (κ3) is 6.00. The van der Waals surface area contributed by atoms with Crippen LogP contribution in [0.3, 0.4) is 0 Å². The van der Waals surface area contributed by atoms with Gasteiger partial charge < -0.3 is 19.8 Å². The number of anilines is 3. The molecule has 0 saturated heterocycles. The highest BCUT2D eigenvalue weighted by Gasteiger charge is 2.25. The number of halogens is 2. The number of amides is 2. The van der Waals surface area contributed by atoms with Gasteiger partial charge in [-0.1, -0.05) is 41.4 Å². The molecule has 10 heteroatoms. The summed E-state index contributed by atoms with van der Waals surface area (Å²) in [7, 11) is 0. The number of ether oxygens (including phenoxy) is 1. The average Bonchev–Trinajstić information content (AvgIpc) is 3.05. The molecule has 0 atom stereocenters. The molecule has 0 saturated carbocycles. The molecule has 2 amide bonds. The number of carbonyl (C=O) groups excluding carboxylic acids is 2. The minimum atomic E-state index is -0.665. The van der Waals surface area contributed by atoms with Gasteiger partial charge in [0.1, 0.15) is 10.6 Å². The van der Waals surface area contributed by atoms with E-state index in [9.17, 15) is 9.59 Å². The highest BCUT2D eigenvalue weighted by Crippen LogP contribution is 2.34. The summed E-state index contributed by atoms with van der Waals surface area (Å²) in [6, 6.07) is 15.1. The van der Waals surface area contributed by atoms with Gasteiger partial charge in [-0.3, -0.25) is 0 Å². The van der Waals surface area contributed by atoms with E-state index < -0.39 is 12.0 Å². The number of hydrogen-bond donors (Lipinski definition) is 3. The molecule has 0 unspecified atom stereocenters. The summed E-state index contributed by atoms with van der Waals surface area (Å²) in [5.41, 5.74) is 3.52. The summed E-state index contributed by atoms with van der Waals surface area (Å²) in [6.07, 6.45) is 1.18. The van der Waals surface area contributed by atoms with E-state index >= 15 is 0 Å². The monoisotopic (exact) mass is 460 g/mol.